The number of hydrogen-bond donors (Lipinski definition) is 4. The van der Waals surface area contributed by atoms with Gasteiger partial charge in [0, 0.05) is 31.2 Å². The summed E-state index contributed by atoms with van der Waals surface area (Å²) < 4.78 is 6.08. The first-order valence-corrected chi connectivity index (χ1v) is 11.0. The van der Waals surface area contributed by atoms with Crippen molar-refractivity contribution in [2.45, 2.75) is 53.2 Å². The van der Waals surface area contributed by atoms with Gasteiger partial charge in [-0.25, -0.2) is 4.99 Å². The first-order chi connectivity index (χ1) is 14.7. The van der Waals surface area contributed by atoms with Crippen LogP contribution in [0.25, 0.3) is 0 Å². The summed E-state index contributed by atoms with van der Waals surface area (Å²) in [6.45, 7) is 11.5. The Morgan fingerprint density at radius 2 is 1.84 bits per heavy atom. The second kappa shape index (κ2) is 13.6. The summed E-state index contributed by atoms with van der Waals surface area (Å²) in [4.78, 5) is 27.4. The van der Waals surface area contributed by atoms with Gasteiger partial charge in [-0.05, 0) is 42.9 Å². The van der Waals surface area contributed by atoms with Crippen LogP contribution < -0.4 is 21.7 Å². The molecule has 1 aromatic carbocycles. The molecule has 8 nitrogen and oxygen atoms in total. The van der Waals surface area contributed by atoms with Crippen LogP contribution in [-0.2, 0) is 16.1 Å². The van der Waals surface area contributed by atoms with Gasteiger partial charge in [0.05, 0.1) is 19.2 Å². The van der Waals surface area contributed by atoms with Crippen molar-refractivity contribution in [3.05, 3.63) is 35.4 Å². The molecule has 1 aliphatic rings. The summed E-state index contributed by atoms with van der Waals surface area (Å²) in [7, 11) is 0. The second-order valence-electron chi connectivity index (χ2n) is 8.98. The third-order valence-electron chi connectivity index (χ3n) is 5.23. The number of carbonyl (C=O) groups excluding carboxylic acids is 2. The molecule has 0 aromatic heterocycles. The highest BCUT2D eigenvalue weighted by Crippen LogP contribution is 2.33. The van der Waals surface area contributed by atoms with Gasteiger partial charge in [-0.1, -0.05) is 32.9 Å². The van der Waals surface area contributed by atoms with E-state index in [2.05, 4.69) is 41.7 Å². The van der Waals surface area contributed by atoms with Crippen LogP contribution in [0.15, 0.2) is 29.3 Å². The van der Waals surface area contributed by atoms with Crippen molar-refractivity contribution in [1.29, 1.82) is 0 Å². The number of ether oxygens (including phenoxy) is 1. The summed E-state index contributed by atoms with van der Waals surface area (Å²) in [6, 6.07) is 7.15. The molecule has 2 atom stereocenters. The van der Waals surface area contributed by atoms with Crippen molar-refractivity contribution < 1.29 is 14.3 Å². The largest absolute Gasteiger partial charge is 0.377 e. The number of carbonyl (C=O) groups is 2. The number of halogens is 1. The Kier molecular flexibility index (Phi) is 12.0. The minimum atomic E-state index is -0.573. The zero-order chi connectivity index (χ0) is 22.9. The van der Waals surface area contributed by atoms with E-state index in [1.807, 2.05) is 19.1 Å². The lowest BCUT2D eigenvalue weighted by Crippen LogP contribution is -2.47. The fourth-order valence-electron chi connectivity index (χ4n) is 3.78. The third-order valence-corrected chi connectivity index (χ3v) is 5.23. The zero-order valence-electron chi connectivity index (χ0n) is 19.6. The van der Waals surface area contributed by atoms with Crippen molar-refractivity contribution in [2.75, 3.05) is 26.2 Å². The summed E-state index contributed by atoms with van der Waals surface area (Å²) >= 11 is 0. The van der Waals surface area contributed by atoms with E-state index in [1.54, 1.807) is 12.1 Å². The first kappa shape index (κ1) is 28.2. The molecule has 9 heteroatoms. The van der Waals surface area contributed by atoms with E-state index in [-0.39, 0.29) is 47.9 Å². The SMILES string of the molecule is CCNC(=NCc1ccc(C(=O)NCC(N)=O)cc1)NCC1CCCOC1C(C)(C)C.I. The maximum atomic E-state index is 12.0. The first-order valence-electron chi connectivity index (χ1n) is 11.0. The standard InChI is InChI=1S/C23H37N5O3.HI/c1-5-25-22(28-14-18-7-6-12-31-20(18)23(2,3)4)27-13-16-8-10-17(11-9-16)21(30)26-15-19(24)29;/h8-11,18,20H,5-7,12-15H2,1-4H3,(H2,24,29)(H,26,30)(H2,25,27,28);1H. The summed E-state index contributed by atoms with van der Waals surface area (Å²) in [6.07, 6.45) is 2.46. The molecule has 1 heterocycles. The lowest BCUT2D eigenvalue weighted by atomic mass is 9.78. The Morgan fingerprint density at radius 3 is 2.44 bits per heavy atom. The highest BCUT2D eigenvalue weighted by Gasteiger charge is 2.35. The summed E-state index contributed by atoms with van der Waals surface area (Å²) in [5, 5.41) is 9.24. The molecule has 1 aromatic rings. The number of nitrogens with two attached hydrogens (primary N) is 1. The van der Waals surface area contributed by atoms with E-state index in [0.29, 0.717) is 18.0 Å². The third kappa shape index (κ3) is 9.32. The molecular formula is C23H38IN5O3. The summed E-state index contributed by atoms with van der Waals surface area (Å²) in [5.41, 5.74) is 6.61. The minimum Gasteiger partial charge on any atom is -0.377 e. The van der Waals surface area contributed by atoms with Gasteiger partial charge >= 0.3 is 0 Å². The molecule has 32 heavy (non-hydrogen) atoms. The second-order valence-corrected chi connectivity index (χ2v) is 8.98. The number of primary amides is 1. The fourth-order valence-corrected chi connectivity index (χ4v) is 3.78. The maximum Gasteiger partial charge on any atom is 0.251 e. The Bertz CT molecular complexity index is 762. The topological polar surface area (TPSA) is 118 Å². The van der Waals surface area contributed by atoms with Crippen LogP contribution in [0.1, 0.15) is 56.5 Å². The Labute approximate surface area is 208 Å². The van der Waals surface area contributed by atoms with E-state index in [0.717, 1.165) is 44.1 Å². The number of guanidine groups is 1. The summed E-state index contributed by atoms with van der Waals surface area (Å²) in [5.74, 6) is 0.308. The molecule has 5 N–H and O–H groups in total. The van der Waals surface area contributed by atoms with E-state index in [4.69, 9.17) is 10.5 Å². The van der Waals surface area contributed by atoms with Crippen LogP contribution in [0.2, 0.25) is 0 Å². The molecule has 1 aliphatic heterocycles. The smallest absolute Gasteiger partial charge is 0.251 e. The average Bonchev–Trinajstić information content (AvgIpc) is 2.74. The number of amides is 2. The Morgan fingerprint density at radius 1 is 1.16 bits per heavy atom. The van der Waals surface area contributed by atoms with Crippen molar-refractivity contribution >= 4 is 41.8 Å². The quantitative estimate of drug-likeness (QED) is 0.222. The van der Waals surface area contributed by atoms with Gasteiger partial charge in [-0.3, -0.25) is 9.59 Å². The van der Waals surface area contributed by atoms with Crippen LogP contribution >= 0.6 is 24.0 Å². The normalized spacial score (nSPS) is 18.9. The van der Waals surface area contributed by atoms with Crippen LogP contribution in [0.4, 0.5) is 0 Å². The van der Waals surface area contributed by atoms with Gasteiger partial charge in [0.1, 0.15) is 0 Å². The molecule has 1 fully saturated rings. The van der Waals surface area contributed by atoms with Crippen LogP contribution in [0.5, 0.6) is 0 Å². The number of benzene rings is 1. The molecule has 0 bridgehead atoms. The molecule has 1 saturated heterocycles. The van der Waals surface area contributed by atoms with E-state index in [9.17, 15) is 9.59 Å². The molecule has 0 spiro atoms. The lowest BCUT2D eigenvalue weighted by Gasteiger charge is -2.40. The fraction of sp³-hybridized carbons (Fsp3) is 0.609. The van der Waals surface area contributed by atoms with E-state index < -0.39 is 5.91 Å². The number of nitrogens with one attached hydrogen (secondary N) is 3. The van der Waals surface area contributed by atoms with Crippen molar-refractivity contribution in [3.63, 3.8) is 0 Å². The monoisotopic (exact) mass is 559 g/mol. The van der Waals surface area contributed by atoms with Gasteiger partial charge in [-0.2, -0.15) is 0 Å². The predicted octanol–water partition coefficient (Wildman–Crippen LogP) is 2.42. The van der Waals surface area contributed by atoms with Crippen LogP contribution in [0.3, 0.4) is 0 Å². The maximum absolute atomic E-state index is 12.0. The number of rotatable bonds is 8. The highest BCUT2D eigenvalue weighted by atomic mass is 127. The average molecular weight is 559 g/mol. The Balaban J connectivity index is 0.00000512. The van der Waals surface area contributed by atoms with Crippen LogP contribution in [-0.4, -0.2) is 50.1 Å². The van der Waals surface area contributed by atoms with Gasteiger partial charge in [0.15, 0.2) is 5.96 Å². The van der Waals surface area contributed by atoms with Crippen LogP contribution in [0, 0.1) is 11.3 Å². The molecule has 2 rings (SSSR count). The van der Waals surface area contributed by atoms with Crippen molar-refractivity contribution in [2.24, 2.45) is 22.1 Å². The predicted molar refractivity (Wildman–Crippen MR) is 138 cm³/mol. The molecule has 0 saturated carbocycles. The lowest BCUT2D eigenvalue weighted by molar-refractivity contribution is -0.117. The number of nitrogens with zero attached hydrogens (tertiary/aromatic N) is 1. The van der Waals surface area contributed by atoms with Crippen molar-refractivity contribution in [1.82, 2.24) is 16.0 Å². The van der Waals surface area contributed by atoms with Gasteiger partial charge < -0.3 is 26.4 Å². The molecule has 2 amide bonds. The Hall–Kier alpha value is -1.88. The van der Waals surface area contributed by atoms with E-state index in [1.165, 1.54) is 0 Å². The van der Waals surface area contributed by atoms with Gasteiger partial charge in [0.2, 0.25) is 5.91 Å². The van der Waals surface area contributed by atoms with Gasteiger partial charge in [-0.15, -0.1) is 24.0 Å². The molecule has 0 radical (unpaired) electrons. The minimum absolute atomic E-state index is 0. The number of aliphatic imine (C=N–C) groups is 1. The van der Waals surface area contributed by atoms with E-state index >= 15 is 0 Å². The number of hydrogen-bond acceptors (Lipinski definition) is 4. The molecule has 180 valence electrons. The molecular weight excluding hydrogens is 521 g/mol. The zero-order valence-corrected chi connectivity index (χ0v) is 21.9. The molecule has 2 unspecified atom stereocenters. The van der Waals surface area contributed by atoms with Gasteiger partial charge in [0.25, 0.3) is 5.91 Å². The molecule has 0 aliphatic carbocycles. The highest BCUT2D eigenvalue weighted by molar-refractivity contribution is 14.0. The van der Waals surface area contributed by atoms with Crippen molar-refractivity contribution in [3.8, 4) is 0 Å².